The van der Waals surface area contributed by atoms with Gasteiger partial charge in [0, 0.05) is 24.6 Å². The first-order valence-electron chi connectivity index (χ1n) is 10.6. The third-order valence-corrected chi connectivity index (χ3v) is 5.75. The van der Waals surface area contributed by atoms with Crippen LogP contribution in [0.2, 0.25) is 10.0 Å². The number of nitrogens with one attached hydrogen (secondary N) is 1. The van der Waals surface area contributed by atoms with E-state index in [2.05, 4.69) is 10.4 Å². The van der Waals surface area contributed by atoms with Gasteiger partial charge in [0.05, 0.1) is 28.0 Å². The second-order valence-electron chi connectivity index (χ2n) is 7.35. The van der Waals surface area contributed by atoms with Gasteiger partial charge in [-0.2, -0.15) is 5.10 Å². The van der Waals surface area contributed by atoms with E-state index in [1.54, 1.807) is 33.8 Å². The fourth-order valence-corrected chi connectivity index (χ4v) is 3.54. The molecule has 0 spiro atoms. The average molecular weight is 473 g/mol. The molecule has 3 rings (SSSR count). The number of unbranched alkanes of at least 4 members (excludes halogenated alkanes) is 1. The minimum absolute atomic E-state index is 0.0209. The lowest BCUT2D eigenvalue weighted by molar-refractivity contribution is -0.134. The van der Waals surface area contributed by atoms with Crippen LogP contribution in [0.4, 0.5) is 5.82 Å². The highest BCUT2D eigenvalue weighted by atomic mass is 35.5. The van der Waals surface area contributed by atoms with Crippen molar-refractivity contribution in [1.82, 2.24) is 14.7 Å². The normalized spacial score (nSPS) is 10.8. The molecule has 168 valence electrons. The summed E-state index contributed by atoms with van der Waals surface area (Å²) in [5.74, 6) is 0.161. The number of rotatable bonds is 9. The Balaban J connectivity index is 1.88. The Hall–Kier alpha value is -2.83. The Bertz CT molecular complexity index is 1080. The first kappa shape index (κ1) is 23.8. The molecule has 6 nitrogen and oxygen atoms in total. The third kappa shape index (κ3) is 5.90. The van der Waals surface area contributed by atoms with E-state index in [4.69, 9.17) is 23.2 Å². The Morgan fingerprint density at radius 1 is 1.03 bits per heavy atom. The van der Waals surface area contributed by atoms with Crippen LogP contribution >= 0.6 is 23.2 Å². The highest BCUT2D eigenvalue weighted by Gasteiger charge is 2.18. The Labute approximate surface area is 198 Å². The molecule has 1 aromatic heterocycles. The first-order chi connectivity index (χ1) is 15.4. The Kier molecular flexibility index (Phi) is 8.31. The van der Waals surface area contributed by atoms with Gasteiger partial charge in [-0.3, -0.25) is 9.59 Å². The summed E-state index contributed by atoms with van der Waals surface area (Å²) in [7, 11) is 0. The summed E-state index contributed by atoms with van der Waals surface area (Å²) >= 11 is 12.3. The summed E-state index contributed by atoms with van der Waals surface area (Å²) in [6.45, 7) is 4.35. The van der Waals surface area contributed by atoms with Crippen LogP contribution in [-0.2, 0) is 9.59 Å². The Morgan fingerprint density at radius 2 is 1.78 bits per heavy atom. The molecule has 0 unspecified atom stereocenters. The number of nitrogens with zero attached hydrogens (tertiary/aromatic N) is 3. The van der Waals surface area contributed by atoms with Crippen molar-refractivity contribution in [2.45, 2.75) is 33.1 Å². The van der Waals surface area contributed by atoms with Crippen molar-refractivity contribution < 1.29 is 9.59 Å². The molecular formula is C24H26Cl2N4O2. The van der Waals surface area contributed by atoms with Crippen molar-refractivity contribution in [2.24, 2.45) is 0 Å². The smallest absolute Gasteiger partial charge is 0.245 e. The summed E-state index contributed by atoms with van der Waals surface area (Å²) in [6.07, 6.45) is 2.18. The fourth-order valence-electron chi connectivity index (χ4n) is 3.25. The zero-order valence-corrected chi connectivity index (χ0v) is 19.7. The van der Waals surface area contributed by atoms with Crippen molar-refractivity contribution in [1.29, 1.82) is 0 Å². The predicted octanol–water partition coefficient (Wildman–Crippen LogP) is 5.82. The maximum atomic E-state index is 12.8. The molecular weight excluding hydrogens is 447 g/mol. The molecule has 0 radical (unpaired) electrons. The van der Waals surface area contributed by atoms with Gasteiger partial charge in [-0.1, -0.05) is 66.9 Å². The number of carbonyl (C=O) groups excluding carboxylic acids is 2. The van der Waals surface area contributed by atoms with E-state index in [1.165, 1.54) is 0 Å². The molecule has 3 aromatic rings. The van der Waals surface area contributed by atoms with E-state index in [1.807, 2.05) is 44.2 Å². The molecule has 2 amide bonds. The second-order valence-corrected chi connectivity index (χ2v) is 8.17. The minimum atomic E-state index is -0.294. The number of amides is 2. The van der Waals surface area contributed by atoms with E-state index in [-0.39, 0.29) is 18.4 Å². The molecule has 0 aliphatic rings. The molecule has 32 heavy (non-hydrogen) atoms. The van der Waals surface area contributed by atoms with E-state index < -0.39 is 0 Å². The maximum absolute atomic E-state index is 12.8. The fraction of sp³-hybridized carbons (Fsp3) is 0.292. The van der Waals surface area contributed by atoms with Gasteiger partial charge in [-0.25, -0.2) is 4.68 Å². The van der Waals surface area contributed by atoms with E-state index in [0.29, 0.717) is 40.2 Å². The molecule has 0 aliphatic carbocycles. The van der Waals surface area contributed by atoms with Gasteiger partial charge in [0.25, 0.3) is 0 Å². The largest absolute Gasteiger partial charge is 0.334 e. The van der Waals surface area contributed by atoms with Gasteiger partial charge in [0.2, 0.25) is 11.8 Å². The van der Waals surface area contributed by atoms with Crippen LogP contribution in [-0.4, -0.2) is 39.6 Å². The van der Waals surface area contributed by atoms with Gasteiger partial charge in [-0.15, -0.1) is 0 Å². The van der Waals surface area contributed by atoms with Crippen LogP contribution in [0.15, 0.2) is 54.6 Å². The molecule has 0 fully saturated rings. The molecule has 2 aromatic carbocycles. The first-order valence-corrected chi connectivity index (χ1v) is 11.4. The van der Waals surface area contributed by atoms with Crippen molar-refractivity contribution in [3.05, 3.63) is 64.6 Å². The molecule has 0 saturated carbocycles. The SMILES string of the molecule is CCCCC(=O)N(CC)CC(=O)Nc1cc(-c2ccccc2)nn1-c1ccc(Cl)c(Cl)c1. The minimum Gasteiger partial charge on any atom is -0.334 e. The van der Waals surface area contributed by atoms with Crippen molar-refractivity contribution >= 4 is 40.8 Å². The number of carbonyl (C=O) groups is 2. The highest BCUT2D eigenvalue weighted by Crippen LogP contribution is 2.28. The molecule has 1 N–H and O–H groups in total. The van der Waals surface area contributed by atoms with Gasteiger partial charge < -0.3 is 10.2 Å². The quantitative estimate of drug-likeness (QED) is 0.426. The van der Waals surface area contributed by atoms with Crippen LogP contribution in [0.25, 0.3) is 16.9 Å². The van der Waals surface area contributed by atoms with Crippen LogP contribution in [0.3, 0.4) is 0 Å². The summed E-state index contributed by atoms with van der Waals surface area (Å²) in [5, 5.41) is 8.39. The van der Waals surface area contributed by atoms with E-state index in [0.717, 1.165) is 18.4 Å². The predicted molar refractivity (Wildman–Crippen MR) is 129 cm³/mol. The number of anilines is 1. The summed E-state index contributed by atoms with van der Waals surface area (Å²) in [4.78, 5) is 26.7. The van der Waals surface area contributed by atoms with Gasteiger partial charge in [0.15, 0.2) is 0 Å². The van der Waals surface area contributed by atoms with E-state index in [9.17, 15) is 9.59 Å². The molecule has 1 heterocycles. The van der Waals surface area contributed by atoms with E-state index >= 15 is 0 Å². The van der Waals surface area contributed by atoms with Gasteiger partial charge in [0.1, 0.15) is 5.82 Å². The third-order valence-electron chi connectivity index (χ3n) is 5.01. The lowest BCUT2D eigenvalue weighted by Gasteiger charge is -2.20. The van der Waals surface area contributed by atoms with Crippen molar-refractivity contribution in [3.63, 3.8) is 0 Å². The zero-order chi connectivity index (χ0) is 23.1. The highest BCUT2D eigenvalue weighted by molar-refractivity contribution is 6.42. The monoisotopic (exact) mass is 472 g/mol. The number of aromatic nitrogens is 2. The van der Waals surface area contributed by atoms with Crippen LogP contribution in [0, 0.1) is 0 Å². The number of hydrogen-bond acceptors (Lipinski definition) is 3. The summed E-state index contributed by atoms with van der Waals surface area (Å²) in [6, 6.07) is 16.6. The Morgan fingerprint density at radius 3 is 2.44 bits per heavy atom. The number of hydrogen-bond donors (Lipinski definition) is 1. The van der Waals surface area contributed by atoms with Crippen molar-refractivity contribution in [3.8, 4) is 16.9 Å². The zero-order valence-electron chi connectivity index (χ0n) is 18.1. The molecule has 0 bridgehead atoms. The topological polar surface area (TPSA) is 67.2 Å². The van der Waals surface area contributed by atoms with Crippen molar-refractivity contribution in [2.75, 3.05) is 18.4 Å². The summed E-state index contributed by atoms with van der Waals surface area (Å²) in [5.41, 5.74) is 2.26. The molecule has 0 aliphatic heterocycles. The number of likely N-dealkylation sites (N-methyl/N-ethyl adjacent to an activating group) is 1. The molecule has 0 saturated heterocycles. The maximum Gasteiger partial charge on any atom is 0.245 e. The van der Waals surface area contributed by atoms with Crippen LogP contribution < -0.4 is 5.32 Å². The number of benzene rings is 2. The number of halogens is 2. The standard InChI is InChI=1S/C24H26Cl2N4O2/c1-3-5-11-24(32)29(4-2)16-23(31)27-22-15-21(17-9-7-6-8-10-17)28-30(22)18-12-13-19(25)20(26)14-18/h6-10,12-15H,3-5,11,16H2,1-2H3,(H,27,31). The lowest BCUT2D eigenvalue weighted by atomic mass is 10.1. The molecule has 8 heteroatoms. The average Bonchev–Trinajstić information content (AvgIpc) is 3.21. The lowest BCUT2D eigenvalue weighted by Crippen LogP contribution is -2.38. The van der Waals surface area contributed by atoms with Gasteiger partial charge in [-0.05, 0) is 31.5 Å². The second kappa shape index (κ2) is 11.2. The molecule has 0 atom stereocenters. The van der Waals surface area contributed by atoms with Gasteiger partial charge >= 0.3 is 0 Å². The summed E-state index contributed by atoms with van der Waals surface area (Å²) < 4.78 is 1.61. The van der Waals surface area contributed by atoms with Crippen LogP contribution in [0.1, 0.15) is 33.1 Å². The van der Waals surface area contributed by atoms with Crippen LogP contribution in [0.5, 0.6) is 0 Å².